The predicted octanol–water partition coefficient (Wildman–Crippen LogP) is 2.32. The molecule has 1 rings (SSSR count). The third-order valence-corrected chi connectivity index (χ3v) is 3.37. The molecule has 0 aliphatic rings. The number of benzene rings is 1. The Balaban J connectivity index is 2.61. The highest BCUT2D eigenvalue weighted by Gasteiger charge is 2.25. The van der Waals surface area contributed by atoms with Gasteiger partial charge in [-0.1, -0.05) is 27.7 Å². The van der Waals surface area contributed by atoms with Crippen LogP contribution in [0.1, 0.15) is 51.4 Å². The summed E-state index contributed by atoms with van der Waals surface area (Å²) in [6, 6.07) is 5.98. The zero-order valence-electron chi connectivity index (χ0n) is 15.0. The van der Waals surface area contributed by atoms with Crippen LogP contribution in [0.4, 0.5) is 5.69 Å². The number of anilines is 1. The van der Waals surface area contributed by atoms with Crippen LogP contribution in [0.15, 0.2) is 24.3 Å². The molecule has 0 aliphatic carbocycles. The van der Waals surface area contributed by atoms with E-state index in [9.17, 15) is 14.4 Å². The molecule has 3 N–H and O–H groups in total. The van der Waals surface area contributed by atoms with Crippen molar-refractivity contribution >= 4 is 23.4 Å². The summed E-state index contributed by atoms with van der Waals surface area (Å²) < 4.78 is 0. The van der Waals surface area contributed by atoms with Crippen molar-refractivity contribution in [3.63, 3.8) is 0 Å². The molecule has 1 atom stereocenters. The van der Waals surface area contributed by atoms with Crippen molar-refractivity contribution < 1.29 is 14.4 Å². The van der Waals surface area contributed by atoms with E-state index in [0.717, 1.165) is 6.42 Å². The minimum Gasteiger partial charge on any atom is -0.352 e. The van der Waals surface area contributed by atoms with Gasteiger partial charge in [0.2, 0.25) is 11.8 Å². The monoisotopic (exact) mass is 333 g/mol. The molecule has 6 nitrogen and oxygen atoms in total. The van der Waals surface area contributed by atoms with Crippen molar-refractivity contribution in [1.82, 2.24) is 10.6 Å². The second-order valence-electron chi connectivity index (χ2n) is 6.77. The van der Waals surface area contributed by atoms with Gasteiger partial charge in [-0.3, -0.25) is 14.4 Å². The number of hydrogen-bond acceptors (Lipinski definition) is 3. The lowest BCUT2D eigenvalue weighted by molar-refractivity contribution is -0.131. The molecule has 0 radical (unpaired) electrons. The highest BCUT2D eigenvalue weighted by atomic mass is 16.2. The highest BCUT2D eigenvalue weighted by Crippen LogP contribution is 2.14. The van der Waals surface area contributed by atoms with Gasteiger partial charge in [0.1, 0.15) is 6.04 Å². The van der Waals surface area contributed by atoms with Crippen molar-refractivity contribution in [2.24, 2.45) is 5.41 Å². The summed E-state index contributed by atoms with van der Waals surface area (Å²) in [5.41, 5.74) is 0.557. The van der Waals surface area contributed by atoms with Crippen molar-refractivity contribution in [1.29, 1.82) is 0 Å². The first-order valence-corrected chi connectivity index (χ1v) is 8.15. The lowest BCUT2D eigenvalue weighted by Crippen LogP contribution is -2.46. The Morgan fingerprint density at radius 2 is 1.67 bits per heavy atom. The Labute approximate surface area is 143 Å². The second kappa shape index (κ2) is 8.47. The van der Waals surface area contributed by atoms with Gasteiger partial charge < -0.3 is 16.0 Å². The van der Waals surface area contributed by atoms with Crippen LogP contribution in [-0.4, -0.2) is 30.3 Å². The fourth-order valence-electron chi connectivity index (χ4n) is 1.77. The number of hydrogen-bond donors (Lipinski definition) is 3. The van der Waals surface area contributed by atoms with E-state index in [1.54, 1.807) is 52.0 Å². The third-order valence-electron chi connectivity index (χ3n) is 3.37. The minimum absolute atomic E-state index is 0.138. The first-order chi connectivity index (χ1) is 11.1. The van der Waals surface area contributed by atoms with E-state index < -0.39 is 11.5 Å². The largest absolute Gasteiger partial charge is 0.352 e. The number of nitrogens with one attached hydrogen (secondary N) is 3. The Hall–Kier alpha value is -2.37. The first kappa shape index (κ1) is 19.7. The van der Waals surface area contributed by atoms with Crippen LogP contribution < -0.4 is 16.0 Å². The molecule has 0 aromatic heterocycles. The molecule has 1 unspecified atom stereocenters. The summed E-state index contributed by atoms with van der Waals surface area (Å²) in [5, 5.41) is 8.19. The Kier molecular flexibility index (Phi) is 6.95. The summed E-state index contributed by atoms with van der Waals surface area (Å²) >= 11 is 0. The molecule has 0 bridgehead atoms. The fourth-order valence-corrected chi connectivity index (χ4v) is 1.77. The van der Waals surface area contributed by atoms with Crippen LogP contribution in [-0.2, 0) is 9.59 Å². The summed E-state index contributed by atoms with van der Waals surface area (Å²) in [4.78, 5) is 35.8. The highest BCUT2D eigenvalue weighted by molar-refractivity contribution is 5.98. The maximum atomic E-state index is 12.1. The third kappa shape index (κ3) is 6.02. The molecule has 0 aliphatic heterocycles. The summed E-state index contributed by atoms with van der Waals surface area (Å²) in [6.45, 7) is 9.60. The standard InChI is InChI=1S/C18H27N3O3/c1-6-11-19-16(23)13-7-9-14(10-8-13)21-15(22)12(2)20-17(24)18(3,4)5/h7-10,12H,6,11H2,1-5H3,(H,19,23)(H,20,24)(H,21,22). The van der Waals surface area contributed by atoms with E-state index in [1.807, 2.05) is 6.92 Å². The van der Waals surface area contributed by atoms with Gasteiger partial charge in [0.15, 0.2) is 0 Å². The zero-order valence-corrected chi connectivity index (χ0v) is 15.0. The summed E-state index contributed by atoms with van der Waals surface area (Å²) in [5.74, 6) is -0.635. The smallest absolute Gasteiger partial charge is 0.251 e. The molecule has 0 fully saturated rings. The van der Waals surface area contributed by atoms with Crippen molar-refractivity contribution in [3.05, 3.63) is 29.8 Å². The van der Waals surface area contributed by atoms with Crippen molar-refractivity contribution in [3.8, 4) is 0 Å². The van der Waals surface area contributed by atoms with Crippen LogP contribution in [0.25, 0.3) is 0 Å². The minimum atomic E-state index is -0.649. The van der Waals surface area contributed by atoms with Gasteiger partial charge >= 0.3 is 0 Å². The molecule has 0 heterocycles. The lowest BCUT2D eigenvalue weighted by atomic mass is 9.95. The molecule has 132 valence electrons. The molecular weight excluding hydrogens is 306 g/mol. The van der Waals surface area contributed by atoms with Gasteiger partial charge in [0, 0.05) is 23.2 Å². The van der Waals surface area contributed by atoms with Gasteiger partial charge in [-0.2, -0.15) is 0 Å². The van der Waals surface area contributed by atoms with Crippen molar-refractivity contribution in [2.45, 2.75) is 47.1 Å². The van der Waals surface area contributed by atoms with E-state index >= 15 is 0 Å². The molecule has 1 aromatic rings. The van der Waals surface area contributed by atoms with Crippen molar-refractivity contribution in [2.75, 3.05) is 11.9 Å². The second-order valence-corrected chi connectivity index (χ2v) is 6.77. The van der Waals surface area contributed by atoms with Gasteiger partial charge in [-0.05, 0) is 37.6 Å². The molecule has 1 aromatic carbocycles. The van der Waals surface area contributed by atoms with Gasteiger partial charge in [0.25, 0.3) is 5.91 Å². The molecule has 3 amide bonds. The Bertz CT molecular complexity index is 589. The molecule has 0 spiro atoms. The van der Waals surface area contributed by atoms with Gasteiger partial charge in [-0.15, -0.1) is 0 Å². The molecule has 6 heteroatoms. The molecule has 0 saturated heterocycles. The van der Waals surface area contributed by atoms with Crippen LogP contribution in [0.2, 0.25) is 0 Å². The number of rotatable bonds is 6. The number of amides is 3. The maximum absolute atomic E-state index is 12.1. The predicted molar refractivity (Wildman–Crippen MR) is 94.8 cm³/mol. The summed E-state index contributed by atoms with van der Waals surface area (Å²) in [6.07, 6.45) is 0.873. The van der Waals surface area contributed by atoms with E-state index in [1.165, 1.54) is 0 Å². The Morgan fingerprint density at radius 1 is 1.08 bits per heavy atom. The quantitative estimate of drug-likeness (QED) is 0.746. The summed E-state index contributed by atoms with van der Waals surface area (Å²) in [7, 11) is 0. The van der Waals surface area contributed by atoms with E-state index in [4.69, 9.17) is 0 Å². The van der Waals surface area contributed by atoms with E-state index in [-0.39, 0.29) is 17.7 Å². The van der Waals surface area contributed by atoms with E-state index in [2.05, 4.69) is 16.0 Å². The topological polar surface area (TPSA) is 87.3 Å². The molecule has 0 saturated carbocycles. The van der Waals surface area contributed by atoms with Crippen LogP contribution in [0, 0.1) is 5.41 Å². The number of carbonyl (C=O) groups is 3. The van der Waals surface area contributed by atoms with Crippen LogP contribution in [0.3, 0.4) is 0 Å². The fraction of sp³-hybridized carbons (Fsp3) is 0.500. The Morgan fingerprint density at radius 3 is 2.17 bits per heavy atom. The SMILES string of the molecule is CCCNC(=O)c1ccc(NC(=O)C(C)NC(=O)C(C)(C)C)cc1. The first-order valence-electron chi connectivity index (χ1n) is 8.15. The average molecular weight is 333 g/mol. The zero-order chi connectivity index (χ0) is 18.3. The maximum Gasteiger partial charge on any atom is 0.251 e. The van der Waals surface area contributed by atoms with Gasteiger partial charge in [0.05, 0.1) is 0 Å². The average Bonchev–Trinajstić information content (AvgIpc) is 2.52. The normalized spacial score (nSPS) is 12.2. The van der Waals surface area contributed by atoms with E-state index in [0.29, 0.717) is 17.8 Å². The number of carbonyl (C=O) groups excluding carboxylic acids is 3. The molecular formula is C18H27N3O3. The van der Waals surface area contributed by atoms with Gasteiger partial charge in [-0.25, -0.2) is 0 Å². The lowest BCUT2D eigenvalue weighted by Gasteiger charge is -2.21. The van der Waals surface area contributed by atoms with Crippen LogP contribution in [0.5, 0.6) is 0 Å². The van der Waals surface area contributed by atoms with Crippen LogP contribution >= 0.6 is 0 Å². The molecule has 24 heavy (non-hydrogen) atoms.